The summed E-state index contributed by atoms with van der Waals surface area (Å²) in [5.41, 5.74) is 0.321. The zero-order valence-corrected chi connectivity index (χ0v) is 10.8. The second-order valence-electron chi connectivity index (χ2n) is 5.96. The smallest absolute Gasteiger partial charge is 0.304 e. The van der Waals surface area contributed by atoms with Crippen molar-refractivity contribution in [1.82, 2.24) is 5.32 Å². The van der Waals surface area contributed by atoms with Crippen LogP contribution in [0.1, 0.15) is 52.9 Å². The average Bonchev–Trinajstić information content (AvgIpc) is 2.16. The summed E-state index contributed by atoms with van der Waals surface area (Å²) in [6, 6.07) is 0.507. The Morgan fingerprint density at radius 1 is 1.31 bits per heavy atom. The van der Waals surface area contributed by atoms with Crippen molar-refractivity contribution in [1.29, 1.82) is 0 Å². The molecule has 1 aliphatic carbocycles. The molecule has 0 radical (unpaired) electrons. The molecule has 0 bridgehead atoms. The molecule has 3 heteroatoms. The maximum Gasteiger partial charge on any atom is 0.304 e. The fourth-order valence-electron chi connectivity index (χ4n) is 2.78. The number of carbonyl (C=O) groups is 1. The van der Waals surface area contributed by atoms with Gasteiger partial charge in [-0.3, -0.25) is 4.79 Å². The van der Waals surface area contributed by atoms with Crippen molar-refractivity contribution in [2.75, 3.05) is 6.54 Å². The van der Waals surface area contributed by atoms with Gasteiger partial charge in [0.05, 0.1) is 6.42 Å². The van der Waals surface area contributed by atoms with Crippen LogP contribution in [0.2, 0.25) is 0 Å². The van der Waals surface area contributed by atoms with Gasteiger partial charge in [0.1, 0.15) is 0 Å². The number of hydrogen-bond donors (Lipinski definition) is 2. The highest BCUT2D eigenvalue weighted by Gasteiger charge is 2.33. The summed E-state index contributed by atoms with van der Waals surface area (Å²) in [4.78, 5) is 10.5. The largest absolute Gasteiger partial charge is 0.481 e. The van der Waals surface area contributed by atoms with Crippen molar-refractivity contribution in [2.24, 2.45) is 11.3 Å². The fraction of sp³-hybridized carbons (Fsp3) is 0.923. The van der Waals surface area contributed by atoms with Crippen LogP contribution < -0.4 is 5.32 Å². The van der Waals surface area contributed by atoms with E-state index in [9.17, 15) is 4.79 Å². The molecule has 16 heavy (non-hydrogen) atoms. The van der Waals surface area contributed by atoms with Crippen LogP contribution in [0.25, 0.3) is 0 Å². The number of carboxylic acids is 1. The summed E-state index contributed by atoms with van der Waals surface area (Å²) >= 11 is 0. The minimum absolute atomic E-state index is 0.230. The monoisotopic (exact) mass is 227 g/mol. The predicted molar refractivity (Wildman–Crippen MR) is 65.5 cm³/mol. The van der Waals surface area contributed by atoms with E-state index in [1.165, 1.54) is 25.7 Å². The summed E-state index contributed by atoms with van der Waals surface area (Å²) < 4.78 is 0. The molecule has 0 spiro atoms. The van der Waals surface area contributed by atoms with E-state index in [0.29, 0.717) is 23.9 Å². The highest BCUT2D eigenvalue weighted by molar-refractivity contribution is 5.66. The van der Waals surface area contributed by atoms with Crippen molar-refractivity contribution in [2.45, 2.75) is 58.9 Å². The molecule has 3 nitrogen and oxygen atoms in total. The molecular formula is C13H25NO2. The zero-order chi connectivity index (χ0) is 12.2. The normalized spacial score (nSPS) is 26.7. The van der Waals surface area contributed by atoms with E-state index in [1.54, 1.807) is 0 Å². The van der Waals surface area contributed by atoms with Gasteiger partial charge in [-0.25, -0.2) is 0 Å². The number of rotatable bonds is 4. The summed E-state index contributed by atoms with van der Waals surface area (Å²) in [6.45, 7) is 7.46. The standard InChI is InChI=1S/C13H25NO2/c1-13(2,3)10-6-4-5-7-11(10)14-9-8-12(15)16/h10-11,14H,4-9H2,1-3H3,(H,15,16). The van der Waals surface area contributed by atoms with E-state index < -0.39 is 5.97 Å². The lowest BCUT2D eigenvalue weighted by Gasteiger charge is -2.41. The lowest BCUT2D eigenvalue weighted by Crippen LogP contribution is -2.44. The molecule has 2 N–H and O–H groups in total. The number of nitrogens with one attached hydrogen (secondary N) is 1. The molecule has 1 rings (SSSR count). The molecule has 0 aromatic rings. The summed E-state index contributed by atoms with van der Waals surface area (Å²) in [6.07, 6.45) is 5.29. The van der Waals surface area contributed by atoms with Gasteiger partial charge >= 0.3 is 5.97 Å². The Hall–Kier alpha value is -0.570. The number of aliphatic carboxylic acids is 1. The van der Waals surface area contributed by atoms with Gasteiger partial charge in [-0.05, 0) is 24.2 Å². The van der Waals surface area contributed by atoms with Crippen LogP contribution in [0, 0.1) is 11.3 Å². The summed E-state index contributed by atoms with van der Waals surface area (Å²) in [5.74, 6) is -0.0364. The quantitative estimate of drug-likeness (QED) is 0.776. The van der Waals surface area contributed by atoms with Crippen molar-refractivity contribution in [3.05, 3.63) is 0 Å². The zero-order valence-electron chi connectivity index (χ0n) is 10.8. The molecular weight excluding hydrogens is 202 g/mol. The van der Waals surface area contributed by atoms with Gasteiger partial charge in [0, 0.05) is 12.6 Å². The Kier molecular flexibility index (Phi) is 4.78. The summed E-state index contributed by atoms with van der Waals surface area (Å²) in [7, 11) is 0. The van der Waals surface area contributed by atoms with Gasteiger partial charge in [0.2, 0.25) is 0 Å². The maximum atomic E-state index is 10.5. The van der Waals surface area contributed by atoms with Crippen LogP contribution in [-0.4, -0.2) is 23.7 Å². The predicted octanol–water partition coefficient (Wildman–Crippen LogP) is 2.66. The first-order chi connectivity index (χ1) is 7.41. The molecule has 94 valence electrons. The second-order valence-corrected chi connectivity index (χ2v) is 5.96. The van der Waals surface area contributed by atoms with Crippen molar-refractivity contribution in [3.63, 3.8) is 0 Å². The van der Waals surface area contributed by atoms with Gasteiger partial charge in [0.25, 0.3) is 0 Å². The molecule has 1 saturated carbocycles. The van der Waals surface area contributed by atoms with E-state index in [4.69, 9.17) is 5.11 Å². The topological polar surface area (TPSA) is 49.3 Å². The van der Waals surface area contributed by atoms with Gasteiger partial charge in [-0.2, -0.15) is 0 Å². The Morgan fingerprint density at radius 3 is 2.50 bits per heavy atom. The molecule has 1 aliphatic rings. The van der Waals surface area contributed by atoms with Crippen LogP contribution in [0.5, 0.6) is 0 Å². The molecule has 0 aromatic heterocycles. The average molecular weight is 227 g/mol. The van der Waals surface area contributed by atoms with Crippen molar-refractivity contribution in [3.8, 4) is 0 Å². The van der Waals surface area contributed by atoms with Crippen LogP contribution in [0.4, 0.5) is 0 Å². The van der Waals surface area contributed by atoms with Crippen LogP contribution >= 0.6 is 0 Å². The van der Waals surface area contributed by atoms with Gasteiger partial charge in [0.15, 0.2) is 0 Å². The van der Waals surface area contributed by atoms with E-state index in [0.717, 1.165) is 0 Å². The third kappa shape index (κ3) is 4.12. The fourth-order valence-corrected chi connectivity index (χ4v) is 2.78. The molecule has 1 fully saturated rings. The minimum Gasteiger partial charge on any atom is -0.481 e. The number of hydrogen-bond acceptors (Lipinski definition) is 2. The first kappa shape index (κ1) is 13.5. The SMILES string of the molecule is CC(C)(C)C1CCCCC1NCCC(=O)O. The molecule has 0 aromatic carbocycles. The molecule has 0 amide bonds. The molecule has 2 atom stereocenters. The van der Waals surface area contributed by atoms with Crippen molar-refractivity contribution < 1.29 is 9.90 Å². The van der Waals surface area contributed by atoms with Crippen molar-refractivity contribution >= 4 is 5.97 Å². The first-order valence-corrected chi connectivity index (χ1v) is 6.36. The van der Waals surface area contributed by atoms with Crippen LogP contribution in [-0.2, 0) is 4.79 Å². The lowest BCUT2D eigenvalue weighted by molar-refractivity contribution is -0.136. The van der Waals surface area contributed by atoms with Gasteiger partial charge < -0.3 is 10.4 Å². The highest BCUT2D eigenvalue weighted by Crippen LogP contribution is 2.37. The third-order valence-electron chi connectivity index (χ3n) is 3.62. The Labute approximate surface area is 98.6 Å². The van der Waals surface area contributed by atoms with E-state index in [-0.39, 0.29) is 6.42 Å². The van der Waals surface area contributed by atoms with Crippen LogP contribution in [0.3, 0.4) is 0 Å². The molecule has 0 saturated heterocycles. The first-order valence-electron chi connectivity index (χ1n) is 6.36. The Morgan fingerprint density at radius 2 is 1.94 bits per heavy atom. The second kappa shape index (κ2) is 5.67. The molecule has 0 aliphatic heterocycles. The number of carboxylic acid groups (broad SMARTS) is 1. The third-order valence-corrected chi connectivity index (χ3v) is 3.62. The Bertz CT molecular complexity index is 233. The molecule has 2 unspecified atom stereocenters. The van der Waals surface area contributed by atoms with E-state index in [2.05, 4.69) is 26.1 Å². The summed E-state index contributed by atoms with van der Waals surface area (Å²) in [5, 5.41) is 12.1. The highest BCUT2D eigenvalue weighted by atomic mass is 16.4. The molecule has 0 heterocycles. The van der Waals surface area contributed by atoms with Gasteiger partial charge in [-0.1, -0.05) is 33.6 Å². The Balaban J connectivity index is 2.44. The minimum atomic E-state index is -0.712. The van der Waals surface area contributed by atoms with Crippen LogP contribution in [0.15, 0.2) is 0 Å². The van der Waals surface area contributed by atoms with E-state index in [1.807, 2.05) is 0 Å². The van der Waals surface area contributed by atoms with Gasteiger partial charge in [-0.15, -0.1) is 0 Å². The maximum absolute atomic E-state index is 10.5. The van der Waals surface area contributed by atoms with E-state index >= 15 is 0 Å². The lowest BCUT2D eigenvalue weighted by atomic mass is 9.69.